The molecule has 222 valence electrons. The predicted molar refractivity (Wildman–Crippen MR) is 155 cm³/mol. The average molecular weight is 567 g/mol. The highest BCUT2D eigenvalue weighted by molar-refractivity contribution is 5.89. The molecule has 2 heterocycles. The van der Waals surface area contributed by atoms with Crippen LogP contribution in [0.3, 0.4) is 0 Å². The van der Waals surface area contributed by atoms with Crippen molar-refractivity contribution in [2.75, 3.05) is 13.1 Å². The first-order valence-electron chi connectivity index (χ1n) is 14.5. The molecule has 9 heteroatoms. The van der Waals surface area contributed by atoms with E-state index in [1.54, 1.807) is 21.9 Å². The van der Waals surface area contributed by atoms with Crippen LogP contribution >= 0.6 is 0 Å². The molecule has 2 aliphatic heterocycles. The van der Waals surface area contributed by atoms with E-state index in [1.807, 2.05) is 65.0 Å². The molecule has 0 unspecified atom stereocenters. The Bertz CT molecular complexity index is 1200. The van der Waals surface area contributed by atoms with Gasteiger partial charge in [-0.15, -0.1) is 0 Å². The van der Waals surface area contributed by atoms with Crippen LogP contribution in [0.1, 0.15) is 58.6 Å². The number of urea groups is 1. The summed E-state index contributed by atoms with van der Waals surface area (Å²) < 4.78 is 19.8. The number of benzene rings is 2. The molecule has 2 fully saturated rings. The van der Waals surface area contributed by atoms with Crippen LogP contribution in [0.5, 0.6) is 0 Å². The number of carbonyl (C=O) groups is 3. The maximum absolute atomic E-state index is 14.1. The average Bonchev–Trinajstić information content (AvgIpc) is 3.54. The second-order valence-electron chi connectivity index (χ2n) is 12.3. The zero-order valence-corrected chi connectivity index (χ0v) is 24.7. The number of nitrogens with one attached hydrogen (secondary N) is 2. The lowest BCUT2D eigenvalue weighted by molar-refractivity contribution is -0.143. The summed E-state index contributed by atoms with van der Waals surface area (Å²) in [6, 6.07) is 14.3. The normalized spacial score (nSPS) is 21.8. The van der Waals surface area contributed by atoms with E-state index in [0.717, 1.165) is 11.1 Å². The molecule has 0 radical (unpaired) electrons. The van der Waals surface area contributed by atoms with E-state index < -0.39 is 17.6 Å². The molecular weight excluding hydrogens is 523 g/mol. The summed E-state index contributed by atoms with van der Waals surface area (Å²) in [5.41, 5.74) is 1.28. The second-order valence-corrected chi connectivity index (χ2v) is 12.3. The highest BCUT2D eigenvalue weighted by atomic mass is 19.1. The van der Waals surface area contributed by atoms with Gasteiger partial charge in [-0.05, 0) is 41.5 Å². The third-order valence-electron chi connectivity index (χ3n) is 8.25. The lowest BCUT2D eigenvalue weighted by Gasteiger charge is -2.37. The minimum Gasteiger partial charge on any atom is -0.369 e. The van der Waals surface area contributed by atoms with E-state index in [9.17, 15) is 18.8 Å². The molecule has 0 aliphatic carbocycles. The van der Waals surface area contributed by atoms with Gasteiger partial charge in [0.2, 0.25) is 11.8 Å². The van der Waals surface area contributed by atoms with Gasteiger partial charge in [0.1, 0.15) is 11.9 Å². The first-order valence-corrected chi connectivity index (χ1v) is 14.5. The van der Waals surface area contributed by atoms with Gasteiger partial charge in [-0.1, -0.05) is 77.1 Å². The molecule has 4 amide bonds. The molecule has 2 aromatic rings. The summed E-state index contributed by atoms with van der Waals surface area (Å²) >= 11 is 0. The smallest absolute Gasteiger partial charge is 0.318 e. The number of hydrogen-bond acceptors (Lipinski definition) is 4. The Morgan fingerprint density at radius 3 is 2.34 bits per heavy atom. The Balaban J connectivity index is 1.55. The van der Waals surface area contributed by atoms with Crippen molar-refractivity contribution >= 4 is 17.8 Å². The summed E-state index contributed by atoms with van der Waals surface area (Å²) in [5, 5.41) is 6.03. The number of rotatable bonds is 9. The first kappa shape index (κ1) is 30.5. The molecule has 41 heavy (non-hydrogen) atoms. The maximum Gasteiger partial charge on any atom is 0.318 e. The number of halogens is 1. The zero-order chi connectivity index (χ0) is 29.7. The molecule has 2 N–H and O–H groups in total. The van der Waals surface area contributed by atoms with E-state index in [1.165, 1.54) is 12.1 Å². The number of nitrogens with zero attached hydrogens (tertiary/aromatic N) is 2. The summed E-state index contributed by atoms with van der Waals surface area (Å²) in [7, 11) is 0. The van der Waals surface area contributed by atoms with Crippen molar-refractivity contribution in [3.8, 4) is 0 Å². The van der Waals surface area contributed by atoms with Crippen molar-refractivity contribution < 1.29 is 23.5 Å². The fourth-order valence-electron chi connectivity index (χ4n) is 5.61. The van der Waals surface area contributed by atoms with E-state index in [-0.39, 0.29) is 48.3 Å². The van der Waals surface area contributed by atoms with Crippen LogP contribution in [0, 0.1) is 17.2 Å². The van der Waals surface area contributed by atoms with Crippen LogP contribution in [0.15, 0.2) is 54.6 Å². The van der Waals surface area contributed by atoms with E-state index in [2.05, 4.69) is 10.6 Å². The van der Waals surface area contributed by atoms with Crippen molar-refractivity contribution in [1.82, 2.24) is 20.4 Å². The number of amides is 4. The van der Waals surface area contributed by atoms with Crippen LogP contribution in [-0.2, 0) is 27.5 Å². The summed E-state index contributed by atoms with van der Waals surface area (Å²) in [4.78, 5) is 44.0. The molecule has 2 aromatic carbocycles. The molecule has 0 aromatic heterocycles. The topological polar surface area (TPSA) is 91.0 Å². The second kappa shape index (κ2) is 13.0. The number of ether oxygens (including phenoxy) is 1. The van der Waals surface area contributed by atoms with Crippen molar-refractivity contribution in [2.24, 2.45) is 11.3 Å². The van der Waals surface area contributed by atoms with Crippen LogP contribution in [0.25, 0.3) is 0 Å². The maximum atomic E-state index is 14.1. The van der Waals surface area contributed by atoms with Gasteiger partial charge in [0, 0.05) is 19.0 Å². The molecule has 0 spiro atoms. The van der Waals surface area contributed by atoms with Crippen LogP contribution in [0.4, 0.5) is 9.18 Å². The van der Waals surface area contributed by atoms with Gasteiger partial charge in [-0.2, -0.15) is 0 Å². The number of fused-ring (bicyclic) bond motifs is 1. The van der Waals surface area contributed by atoms with Gasteiger partial charge in [-0.3, -0.25) is 9.59 Å². The zero-order valence-electron chi connectivity index (χ0n) is 24.7. The molecule has 2 aliphatic rings. The lowest BCUT2D eigenvalue weighted by Crippen LogP contribution is -2.58. The van der Waals surface area contributed by atoms with Crippen molar-refractivity contribution in [3.05, 3.63) is 71.5 Å². The van der Waals surface area contributed by atoms with Crippen molar-refractivity contribution in [3.63, 3.8) is 0 Å². The minimum atomic E-state index is -0.721. The fraction of sp³-hybridized carbons (Fsp3) is 0.531. The highest BCUT2D eigenvalue weighted by Gasteiger charge is 2.54. The van der Waals surface area contributed by atoms with Gasteiger partial charge in [-0.25, -0.2) is 9.18 Å². The Morgan fingerprint density at radius 1 is 1.02 bits per heavy atom. The summed E-state index contributed by atoms with van der Waals surface area (Å²) in [6.07, 6.45) is 0.851. The highest BCUT2D eigenvalue weighted by Crippen LogP contribution is 2.36. The number of hydrogen-bond donors (Lipinski definition) is 2. The minimum absolute atomic E-state index is 0.144. The molecular formula is C32H43FN4O4. The Kier molecular flexibility index (Phi) is 9.68. The SMILES string of the molecule is CC[C@@H](C)C(=O)N[C@H](C(=O)N1CC[C@@H]2[C@H]1[C@@H](OCc1ccc(F)cc1)CN2C(=O)NCc1ccccc1)C(C)(C)C. The molecule has 4 rings (SSSR count). The van der Waals surface area contributed by atoms with Crippen LogP contribution < -0.4 is 10.6 Å². The Morgan fingerprint density at radius 2 is 1.71 bits per heavy atom. The van der Waals surface area contributed by atoms with Gasteiger partial charge in [0.15, 0.2) is 0 Å². The van der Waals surface area contributed by atoms with E-state index in [0.29, 0.717) is 32.5 Å². The molecule has 8 nitrogen and oxygen atoms in total. The molecule has 0 saturated carbocycles. The van der Waals surface area contributed by atoms with Gasteiger partial charge in [0.05, 0.1) is 31.3 Å². The van der Waals surface area contributed by atoms with Crippen LogP contribution in [-0.4, -0.2) is 65.0 Å². The number of likely N-dealkylation sites (tertiary alicyclic amines) is 2. The summed E-state index contributed by atoms with van der Waals surface area (Å²) in [6.45, 7) is 11.0. The Hall–Kier alpha value is -3.46. The van der Waals surface area contributed by atoms with Gasteiger partial charge in [0.25, 0.3) is 0 Å². The third-order valence-corrected chi connectivity index (χ3v) is 8.25. The molecule has 2 saturated heterocycles. The third kappa shape index (κ3) is 7.25. The standard InChI is InChI=1S/C32H43FN4O4/c1-6-21(2)29(38)35-28(32(3,4)5)30(39)36-17-16-25-27(36)26(41-20-23-12-14-24(33)15-13-23)19-37(25)31(40)34-18-22-10-8-7-9-11-22/h7-15,21,25-28H,6,16-20H2,1-5H3,(H,34,40)(H,35,38)/t21-,25-,26+,27+,28-/m1/s1. The van der Waals surface area contributed by atoms with E-state index >= 15 is 0 Å². The van der Waals surface area contributed by atoms with Crippen molar-refractivity contribution in [2.45, 2.75) is 84.8 Å². The predicted octanol–water partition coefficient (Wildman–Crippen LogP) is 4.48. The fourth-order valence-corrected chi connectivity index (χ4v) is 5.61. The Labute approximate surface area is 242 Å². The monoisotopic (exact) mass is 566 g/mol. The van der Waals surface area contributed by atoms with Crippen LogP contribution in [0.2, 0.25) is 0 Å². The largest absolute Gasteiger partial charge is 0.369 e. The quantitative estimate of drug-likeness (QED) is 0.468. The molecule has 5 atom stereocenters. The molecule has 0 bridgehead atoms. The summed E-state index contributed by atoms with van der Waals surface area (Å²) in [5.74, 6) is -0.838. The van der Waals surface area contributed by atoms with E-state index in [4.69, 9.17) is 4.74 Å². The first-order chi connectivity index (χ1) is 19.5. The lowest BCUT2D eigenvalue weighted by atomic mass is 9.85. The van der Waals surface area contributed by atoms with Crippen molar-refractivity contribution in [1.29, 1.82) is 0 Å². The number of carbonyl (C=O) groups excluding carboxylic acids is 3. The van der Waals surface area contributed by atoms with Gasteiger partial charge >= 0.3 is 6.03 Å². The van der Waals surface area contributed by atoms with Gasteiger partial charge < -0.3 is 25.2 Å².